The Labute approximate surface area is 105 Å². The average molecular weight is 270 g/mol. The van der Waals surface area contributed by atoms with E-state index >= 15 is 0 Å². The second kappa shape index (κ2) is 6.73. The highest BCUT2D eigenvalue weighted by atomic mass is 19.4. The van der Waals surface area contributed by atoms with Crippen molar-refractivity contribution in [1.29, 1.82) is 0 Å². The number of hydrogen-bond acceptors (Lipinski definition) is 3. The molecule has 1 aliphatic rings. The van der Waals surface area contributed by atoms with Gasteiger partial charge < -0.3 is 14.9 Å². The van der Waals surface area contributed by atoms with Crippen LogP contribution in [0.3, 0.4) is 0 Å². The Morgan fingerprint density at radius 3 is 2.06 bits per heavy atom. The minimum Gasteiger partial charge on any atom is -0.396 e. The van der Waals surface area contributed by atoms with Gasteiger partial charge in [0.25, 0.3) is 0 Å². The van der Waals surface area contributed by atoms with Gasteiger partial charge in [-0.05, 0) is 25.2 Å². The van der Waals surface area contributed by atoms with Crippen LogP contribution in [0.2, 0.25) is 0 Å². The molecule has 0 atom stereocenters. The lowest BCUT2D eigenvalue weighted by Crippen LogP contribution is -2.38. The number of hydrogen-bond donors (Lipinski definition) is 2. The maximum absolute atomic E-state index is 11.9. The lowest BCUT2D eigenvalue weighted by atomic mass is 9.73. The largest absolute Gasteiger partial charge is 0.411 e. The number of aliphatic hydroxyl groups is 2. The van der Waals surface area contributed by atoms with Gasteiger partial charge in [0, 0.05) is 12.0 Å². The van der Waals surface area contributed by atoms with Gasteiger partial charge in [-0.3, -0.25) is 0 Å². The smallest absolute Gasteiger partial charge is 0.396 e. The Kier molecular flexibility index (Phi) is 5.88. The first-order valence-electron chi connectivity index (χ1n) is 6.30. The van der Waals surface area contributed by atoms with Crippen LogP contribution in [0.25, 0.3) is 0 Å². The molecule has 0 amide bonds. The van der Waals surface area contributed by atoms with Crippen molar-refractivity contribution < 1.29 is 28.1 Å². The van der Waals surface area contributed by atoms with Crippen LogP contribution in [0.4, 0.5) is 13.2 Å². The van der Waals surface area contributed by atoms with E-state index in [1.54, 1.807) is 0 Å². The summed E-state index contributed by atoms with van der Waals surface area (Å²) in [6.45, 7) is -1.77. The summed E-state index contributed by atoms with van der Waals surface area (Å²) in [7, 11) is 0. The molecule has 108 valence electrons. The molecule has 0 aromatic heterocycles. The normalized spacial score (nSPS) is 18.5. The molecule has 0 bridgehead atoms. The maximum atomic E-state index is 11.9. The highest BCUT2D eigenvalue weighted by Crippen LogP contribution is 2.42. The van der Waals surface area contributed by atoms with Gasteiger partial charge in [-0.25, -0.2) is 0 Å². The molecular weight excluding hydrogens is 249 g/mol. The Morgan fingerprint density at radius 2 is 1.61 bits per heavy atom. The quantitative estimate of drug-likeness (QED) is 0.697. The van der Waals surface area contributed by atoms with Crippen LogP contribution in [0.5, 0.6) is 0 Å². The molecule has 0 radical (unpaired) electrons. The zero-order valence-corrected chi connectivity index (χ0v) is 10.4. The van der Waals surface area contributed by atoms with Crippen molar-refractivity contribution in [2.45, 2.75) is 38.3 Å². The minimum absolute atomic E-state index is 0.0862. The number of aliphatic hydroxyl groups excluding tert-OH is 2. The molecule has 18 heavy (non-hydrogen) atoms. The number of rotatable bonds is 7. The van der Waals surface area contributed by atoms with Crippen molar-refractivity contribution in [3.05, 3.63) is 0 Å². The molecule has 6 heteroatoms. The van der Waals surface area contributed by atoms with E-state index in [1.807, 2.05) is 0 Å². The van der Waals surface area contributed by atoms with Gasteiger partial charge in [-0.15, -0.1) is 0 Å². The van der Waals surface area contributed by atoms with Crippen molar-refractivity contribution in [3.63, 3.8) is 0 Å². The molecule has 0 aliphatic heterocycles. The first kappa shape index (κ1) is 15.7. The highest BCUT2D eigenvalue weighted by molar-refractivity contribution is 4.88. The van der Waals surface area contributed by atoms with Crippen LogP contribution in [-0.4, -0.2) is 42.8 Å². The third-order valence-electron chi connectivity index (χ3n) is 3.86. The van der Waals surface area contributed by atoms with Crippen molar-refractivity contribution in [2.24, 2.45) is 11.3 Å². The summed E-state index contributed by atoms with van der Waals surface area (Å²) in [4.78, 5) is 0. The van der Waals surface area contributed by atoms with E-state index in [4.69, 9.17) is 0 Å². The standard InChI is InChI=1S/C12H21F3O3/c13-12(14,15)9-18-6-5-11(7-16,8-17)10-3-1-2-4-10/h10,16-17H,1-9H2. The summed E-state index contributed by atoms with van der Waals surface area (Å²) in [5.41, 5.74) is -0.692. The molecule has 0 aromatic carbocycles. The fourth-order valence-electron chi connectivity index (χ4n) is 2.67. The molecule has 0 spiro atoms. The second-order valence-corrected chi connectivity index (χ2v) is 5.08. The Hall–Kier alpha value is -0.330. The number of alkyl halides is 3. The summed E-state index contributed by atoms with van der Waals surface area (Å²) in [6.07, 6.45) is -0.123. The van der Waals surface area contributed by atoms with Gasteiger partial charge in [0.2, 0.25) is 0 Å². The van der Waals surface area contributed by atoms with E-state index in [9.17, 15) is 23.4 Å². The van der Waals surface area contributed by atoms with Crippen LogP contribution < -0.4 is 0 Å². The first-order chi connectivity index (χ1) is 8.43. The maximum Gasteiger partial charge on any atom is 0.411 e. The summed E-state index contributed by atoms with van der Waals surface area (Å²) >= 11 is 0. The molecule has 3 nitrogen and oxygen atoms in total. The zero-order chi connectivity index (χ0) is 13.6. The Bertz CT molecular complexity index is 233. The molecular formula is C12H21F3O3. The summed E-state index contributed by atoms with van der Waals surface area (Å²) in [6, 6.07) is 0. The third-order valence-corrected chi connectivity index (χ3v) is 3.86. The lowest BCUT2D eigenvalue weighted by Gasteiger charge is -2.36. The summed E-state index contributed by atoms with van der Waals surface area (Å²) in [5.74, 6) is 0.182. The third kappa shape index (κ3) is 4.40. The van der Waals surface area contributed by atoms with Gasteiger partial charge in [0.15, 0.2) is 0 Å². The van der Waals surface area contributed by atoms with Crippen LogP contribution in [0.1, 0.15) is 32.1 Å². The molecule has 0 heterocycles. The second-order valence-electron chi connectivity index (χ2n) is 5.08. The van der Waals surface area contributed by atoms with Gasteiger partial charge in [-0.1, -0.05) is 12.8 Å². The van der Waals surface area contributed by atoms with Crippen molar-refractivity contribution in [2.75, 3.05) is 26.4 Å². The molecule has 1 saturated carbocycles. The van der Waals surface area contributed by atoms with Crippen LogP contribution in [0.15, 0.2) is 0 Å². The van der Waals surface area contributed by atoms with E-state index in [1.165, 1.54) is 0 Å². The molecule has 1 aliphatic carbocycles. The van der Waals surface area contributed by atoms with E-state index in [2.05, 4.69) is 4.74 Å². The van der Waals surface area contributed by atoms with Gasteiger partial charge in [0.1, 0.15) is 6.61 Å². The van der Waals surface area contributed by atoms with Gasteiger partial charge in [-0.2, -0.15) is 13.2 Å². The Balaban J connectivity index is 2.42. The monoisotopic (exact) mass is 270 g/mol. The van der Waals surface area contributed by atoms with Crippen LogP contribution in [-0.2, 0) is 4.74 Å². The zero-order valence-electron chi connectivity index (χ0n) is 10.4. The molecule has 0 saturated heterocycles. The molecule has 0 unspecified atom stereocenters. The van der Waals surface area contributed by atoms with E-state index in [0.717, 1.165) is 25.7 Å². The van der Waals surface area contributed by atoms with E-state index < -0.39 is 18.2 Å². The lowest BCUT2D eigenvalue weighted by molar-refractivity contribution is -0.177. The number of halogens is 3. The molecule has 2 N–H and O–H groups in total. The predicted octanol–water partition coefficient (Wildman–Crippen LogP) is 2.12. The van der Waals surface area contributed by atoms with Crippen LogP contribution in [0, 0.1) is 11.3 Å². The Morgan fingerprint density at radius 1 is 1.06 bits per heavy atom. The summed E-state index contributed by atoms with van der Waals surface area (Å²) in [5, 5.41) is 18.9. The minimum atomic E-state index is -4.32. The van der Waals surface area contributed by atoms with Gasteiger partial charge in [0.05, 0.1) is 13.2 Å². The fraction of sp³-hybridized carbons (Fsp3) is 1.00. The first-order valence-corrected chi connectivity index (χ1v) is 6.30. The van der Waals surface area contributed by atoms with Crippen molar-refractivity contribution in [1.82, 2.24) is 0 Å². The predicted molar refractivity (Wildman–Crippen MR) is 60.1 cm³/mol. The number of ether oxygens (including phenoxy) is 1. The molecule has 1 rings (SSSR count). The topological polar surface area (TPSA) is 49.7 Å². The van der Waals surface area contributed by atoms with Crippen molar-refractivity contribution >= 4 is 0 Å². The van der Waals surface area contributed by atoms with Crippen LogP contribution >= 0.6 is 0 Å². The van der Waals surface area contributed by atoms with E-state index in [-0.39, 0.29) is 32.2 Å². The molecule has 1 fully saturated rings. The summed E-state index contributed by atoms with van der Waals surface area (Å²) < 4.78 is 40.3. The van der Waals surface area contributed by atoms with Crippen molar-refractivity contribution in [3.8, 4) is 0 Å². The highest BCUT2D eigenvalue weighted by Gasteiger charge is 2.39. The van der Waals surface area contributed by atoms with Gasteiger partial charge >= 0.3 is 6.18 Å². The molecule has 0 aromatic rings. The van der Waals surface area contributed by atoms with E-state index in [0.29, 0.717) is 0 Å². The fourth-order valence-corrected chi connectivity index (χ4v) is 2.67. The SMILES string of the molecule is OCC(CO)(CCOCC(F)(F)F)C1CCCC1. The average Bonchev–Trinajstić information content (AvgIpc) is 2.83.